The maximum absolute atomic E-state index is 15.1. The Balaban J connectivity index is 1.47. The molecule has 180 valence electrons. The molecule has 0 aliphatic heterocycles. The van der Waals surface area contributed by atoms with Gasteiger partial charge >= 0.3 is 6.03 Å². The van der Waals surface area contributed by atoms with Gasteiger partial charge in [-0.3, -0.25) is 4.68 Å². The zero-order chi connectivity index (χ0) is 24.6. The number of halogens is 5. The quantitative estimate of drug-likeness (QED) is 0.376. The minimum atomic E-state index is -4.20. The highest BCUT2D eigenvalue weighted by molar-refractivity contribution is 7.92. The number of aryl methyl sites for hydroxylation is 1. The first-order valence-corrected chi connectivity index (χ1v) is 13.5. The van der Waals surface area contributed by atoms with Crippen LogP contribution in [0.5, 0.6) is 0 Å². The number of carbonyl (C=O) groups excluding carboxylic acids is 1. The van der Waals surface area contributed by atoms with Crippen molar-refractivity contribution in [3.8, 4) is 0 Å². The molecule has 0 bridgehead atoms. The van der Waals surface area contributed by atoms with Crippen LogP contribution in [0.1, 0.15) is 23.2 Å². The molecule has 2 amide bonds. The van der Waals surface area contributed by atoms with E-state index in [9.17, 15) is 13.2 Å². The number of thiophene rings is 1. The van der Waals surface area contributed by atoms with Gasteiger partial charge < -0.3 is 5.32 Å². The molecule has 2 aromatic heterocycles. The van der Waals surface area contributed by atoms with Crippen LogP contribution in [-0.2, 0) is 23.0 Å². The van der Waals surface area contributed by atoms with Crippen molar-refractivity contribution in [3.05, 3.63) is 72.5 Å². The van der Waals surface area contributed by atoms with E-state index in [1.54, 1.807) is 29.1 Å². The zero-order valence-corrected chi connectivity index (χ0v) is 21.7. The molecule has 0 radical (unpaired) electrons. The summed E-state index contributed by atoms with van der Waals surface area (Å²) < 4.78 is 42.9. The molecule has 2 heterocycles. The summed E-state index contributed by atoms with van der Waals surface area (Å²) in [6.07, 6.45) is 2.68. The van der Waals surface area contributed by atoms with Gasteiger partial charge in [0.15, 0.2) is 0 Å². The second kappa shape index (κ2) is 10.0. The molecule has 34 heavy (non-hydrogen) atoms. The second-order valence-electron chi connectivity index (χ2n) is 7.27. The lowest BCUT2D eigenvalue weighted by molar-refractivity contribution is 0.246. The largest absolute Gasteiger partial charge is 0.331 e. The van der Waals surface area contributed by atoms with Crippen molar-refractivity contribution in [3.63, 3.8) is 0 Å². The fourth-order valence-electron chi connectivity index (χ4n) is 3.46. The van der Waals surface area contributed by atoms with Crippen LogP contribution in [0.3, 0.4) is 0 Å². The Morgan fingerprint density at radius 3 is 2.59 bits per heavy atom. The molecule has 1 aliphatic carbocycles. The third kappa shape index (κ3) is 5.37. The highest BCUT2D eigenvalue weighted by atomic mass is 35.5. The molecule has 3 aromatic rings. The summed E-state index contributed by atoms with van der Waals surface area (Å²) in [7, 11) is -4.20. The van der Waals surface area contributed by atoms with Crippen LogP contribution in [0.15, 0.2) is 40.5 Å². The van der Waals surface area contributed by atoms with Gasteiger partial charge in [-0.25, -0.2) is 22.3 Å². The second-order valence-corrected chi connectivity index (χ2v) is 12.1. The minimum Gasteiger partial charge on any atom is -0.331 e. The summed E-state index contributed by atoms with van der Waals surface area (Å²) in [4.78, 5) is 12.1. The number of fused-ring (bicyclic) bond motifs is 1. The van der Waals surface area contributed by atoms with Crippen LogP contribution in [-0.4, -0.2) is 30.8 Å². The van der Waals surface area contributed by atoms with Crippen molar-refractivity contribution < 1.29 is 17.6 Å². The van der Waals surface area contributed by atoms with E-state index < -0.39 is 28.4 Å². The third-order valence-electron chi connectivity index (χ3n) is 5.03. The predicted molar refractivity (Wildman–Crippen MR) is 132 cm³/mol. The summed E-state index contributed by atoms with van der Waals surface area (Å²) in [5.74, 6) is -0.600. The van der Waals surface area contributed by atoms with Gasteiger partial charge in [0, 0.05) is 15.6 Å². The van der Waals surface area contributed by atoms with E-state index in [1.165, 1.54) is 0 Å². The molecule has 0 unspecified atom stereocenters. The Morgan fingerprint density at radius 2 is 1.91 bits per heavy atom. The average Bonchev–Trinajstić information content (AvgIpc) is 3.45. The van der Waals surface area contributed by atoms with E-state index in [0.29, 0.717) is 52.0 Å². The van der Waals surface area contributed by atoms with Crippen molar-refractivity contribution in [2.75, 3.05) is 6.54 Å². The Hall–Kier alpha value is -1.82. The van der Waals surface area contributed by atoms with Gasteiger partial charge in [-0.2, -0.15) is 5.10 Å². The lowest BCUT2D eigenvalue weighted by Crippen LogP contribution is -2.39. The van der Waals surface area contributed by atoms with Gasteiger partial charge in [-0.1, -0.05) is 52.5 Å². The molecule has 0 atom stereocenters. The molecule has 0 saturated heterocycles. The first-order chi connectivity index (χ1) is 16.0. The van der Waals surface area contributed by atoms with Crippen LogP contribution in [0.2, 0.25) is 19.4 Å². The molecule has 1 aliphatic rings. The first-order valence-electron chi connectivity index (χ1n) is 9.67. The summed E-state index contributed by atoms with van der Waals surface area (Å²) >= 11 is 24.5. The number of allylic oxidation sites excluding steroid dienone is 1. The number of nitrogens with one attached hydrogen (secondary N) is 2. The number of carbonyl (C=O) groups is 1. The molecular formula is C20H15Cl4FN4O3S2. The van der Waals surface area contributed by atoms with Crippen LogP contribution >= 0.6 is 57.7 Å². The van der Waals surface area contributed by atoms with Gasteiger partial charge in [0.05, 0.1) is 30.0 Å². The number of urea groups is 1. The van der Waals surface area contributed by atoms with Crippen LogP contribution in [0.4, 0.5) is 9.18 Å². The van der Waals surface area contributed by atoms with E-state index in [2.05, 4.69) is 10.4 Å². The molecule has 14 heteroatoms. The summed E-state index contributed by atoms with van der Waals surface area (Å²) in [6.45, 7) is -0.199. The van der Waals surface area contributed by atoms with Crippen LogP contribution in [0.25, 0.3) is 5.57 Å². The monoisotopic (exact) mass is 582 g/mol. The molecule has 7 nitrogen and oxygen atoms in total. The van der Waals surface area contributed by atoms with Gasteiger partial charge in [0.25, 0.3) is 10.0 Å². The summed E-state index contributed by atoms with van der Waals surface area (Å²) in [5, 5.41) is 7.59. The Bertz CT molecular complexity index is 1400. The van der Waals surface area contributed by atoms with Crippen molar-refractivity contribution in [1.29, 1.82) is 0 Å². The number of amides is 2. The fourth-order valence-corrected chi connectivity index (χ4v) is 6.74. The van der Waals surface area contributed by atoms with E-state index in [1.807, 2.05) is 4.72 Å². The first kappa shape index (κ1) is 25.3. The number of hydrogen-bond acceptors (Lipinski definition) is 5. The molecule has 2 N–H and O–H groups in total. The highest BCUT2D eigenvalue weighted by Gasteiger charge is 2.26. The number of hydrogen-bond donors (Lipinski definition) is 2. The maximum Gasteiger partial charge on any atom is 0.329 e. The Morgan fingerprint density at radius 1 is 1.15 bits per heavy atom. The van der Waals surface area contributed by atoms with E-state index in [0.717, 1.165) is 17.2 Å². The van der Waals surface area contributed by atoms with Crippen LogP contribution in [0, 0.1) is 0 Å². The number of rotatable bonds is 6. The predicted octanol–water partition coefficient (Wildman–Crippen LogP) is 5.92. The molecule has 0 saturated carbocycles. The molecule has 1 aromatic carbocycles. The molecule has 4 rings (SSSR count). The Kier molecular flexibility index (Phi) is 7.47. The summed E-state index contributed by atoms with van der Waals surface area (Å²) in [5.41, 5.74) is 2.63. The lowest BCUT2D eigenvalue weighted by Gasteiger charge is -2.11. The van der Waals surface area contributed by atoms with Crippen molar-refractivity contribution in [1.82, 2.24) is 19.8 Å². The van der Waals surface area contributed by atoms with Crippen LogP contribution < -0.4 is 10.0 Å². The van der Waals surface area contributed by atoms with E-state index in [-0.39, 0.29) is 13.6 Å². The maximum atomic E-state index is 15.1. The van der Waals surface area contributed by atoms with Gasteiger partial charge in [-0.05, 0) is 42.2 Å². The molecule has 0 spiro atoms. The van der Waals surface area contributed by atoms with Crippen molar-refractivity contribution >= 4 is 79.4 Å². The highest BCUT2D eigenvalue weighted by Crippen LogP contribution is 2.36. The number of sulfonamides is 1. The van der Waals surface area contributed by atoms with Crippen molar-refractivity contribution in [2.24, 2.45) is 0 Å². The topological polar surface area (TPSA) is 93.1 Å². The standard InChI is InChI=1S/C20H15Cl4FN4O3S2/c21-12-3-1-11(14(22)5-12)9-29-18-10(7-27-29)2-4-13(18)16(25)8-26-20(30)28-34(31,32)17-6-15(23)19(24)33-17/h1,3,5-7H,2,4,8-9H2,(H2,26,28,30). The Labute approximate surface area is 218 Å². The fraction of sp³-hybridized carbons (Fsp3) is 0.200. The smallest absolute Gasteiger partial charge is 0.329 e. The third-order valence-corrected chi connectivity index (χ3v) is 9.28. The van der Waals surface area contributed by atoms with Gasteiger partial charge in [0.1, 0.15) is 14.4 Å². The van der Waals surface area contributed by atoms with Crippen molar-refractivity contribution in [2.45, 2.75) is 23.6 Å². The number of nitrogens with zero attached hydrogens (tertiary/aromatic N) is 2. The summed E-state index contributed by atoms with van der Waals surface area (Å²) in [6, 6.07) is 5.14. The normalized spacial score (nSPS) is 14.7. The van der Waals surface area contributed by atoms with Gasteiger partial charge in [0.2, 0.25) is 0 Å². The van der Waals surface area contributed by atoms with E-state index >= 15 is 4.39 Å². The number of aromatic nitrogens is 2. The average molecular weight is 584 g/mol. The molecular weight excluding hydrogens is 569 g/mol. The van der Waals surface area contributed by atoms with Gasteiger partial charge in [-0.15, -0.1) is 11.3 Å². The molecule has 0 fully saturated rings. The van der Waals surface area contributed by atoms with E-state index in [4.69, 9.17) is 46.4 Å². The number of benzene rings is 1. The SMILES string of the molecule is O=C(NCC(F)=C1CCc2cnn(Cc3ccc(Cl)cc3Cl)c21)NS(=O)(=O)c1cc(Cl)c(Cl)s1. The zero-order valence-electron chi connectivity index (χ0n) is 17.0. The minimum absolute atomic E-state index is 0.0526. The lowest BCUT2D eigenvalue weighted by atomic mass is 10.1.